The summed E-state index contributed by atoms with van der Waals surface area (Å²) in [6, 6.07) is 5.81. The van der Waals surface area contributed by atoms with Crippen molar-refractivity contribution in [3.8, 4) is 0 Å². The molecule has 0 aliphatic rings. The van der Waals surface area contributed by atoms with Gasteiger partial charge in [-0.15, -0.1) is 0 Å². The number of anilines is 1. The molecule has 1 aromatic carbocycles. The van der Waals surface area contributed by atoms with Gasteiger partial charge in [-0.25, -0.2) is 4.98 Å². The summed E-state index contributed by atoms with van der Waals surface area (Å²) in [5, 5.41) is 8.92. The average molecular weight is 247 g/mol. The third-order valence-corrected chi connectivity index (χ3v) is 3.26. The van der Waals surface area contributed by atoms with E-state index in [-0.39, 0.29) is 12.0 Å². The minimum absolute atomic E-state index is 0.151. The molecule has 1 heterocycles. The lowest BCUT2D eigenvalue weighted by atomic mass is 9.88. The van der Waals surface area contributed by atoms with Crippen LogP contribution in [0, 0.1) is 5.41 Å². The lowest BCUT2D eigenvalue weighted by Gasteiger charge is -2.25. The number of aliphatic hydroxyl groups is 1. The van der Waals surface area contributed by atoms with Gasteiger partial charge in [-0.05, 0) is 36.5 Å². The summed E-state index contributed by atoms with van der Waals surface area (Å²) < 4.78 is 2.16. The van der Waals surface area contributed by atoms with Crippen LogP contribution in [0.5, 0.6) is 0 Å². The topological polar surface area (TPSA) is 64.1 Å². The molecule has 0 saturated heterocycles. The van der Waals surface area contributed by atoms with Crippen molar-refractivity contribution < 1.29 is 5.11 Å². The molecule has 0 radical (unpaired) electrons. The van der Waals surface area contributed by atoms with Crippen molar-refractivity contribution in [2.24, 2.45) is 5.41 Å². The molecule has 0 aliphatic carbocycles. The minimum atomic E-state index is 0.151. The summed E-state index contributed by atoms with van der Waals surface area (Å²) in [7, 11) is 0. The summed E-state index contributed by atoms with van der Waals surface area (Å²) in [4.78, 5) is 4.38. The van der Waals surface area contributed by atoms with Gasteiger partial charge in [-0.2, -0.15) is 0 Å². The summed E-state index contributed by atoms with van der Waals surface area (Å²) in [5.41, 5.74) is 8.69. The minimum Gasteiger partial charge on any atom is -0.399 e. The molecule has 0 bridgehead atoms. The van der Waals surface area contributed by atoms with Crippen molar-refractivity contribution in [2.75, 3.05) is 12.3 Å². The summed E-state index contributed by atoms with van der Waals surface area (Å²) in [6.45, 7) is 5.58. The Kier molecular flexibility index (Phi) is 3.57. The molecule has 4 heteroatoms. The van der Waals surface area contributed by atoms with Crippen LogP contribution in [-0.2, 0) is 6.54 Å². The number of hydrogen-bond acceptors (Lipinski definition) is 3. The van der Waals surface area contributed by atoms with E-state index in [1.165, 1.54) is 0 Å². The van der Waals surface area contributed by atoms with E-state index < -0.39 is 0 Å². The number of aliphatic hydroxyl groups excluding tert-OH is 1. The molecular weight excluding hydrogens is 226 g/mol. The Labute approximate surface area is 107 Å². The van der Waals surface area contributed by atoms with Crippen LogP contribution in [0.3, 0.4) is 0 Å². The van der Waals surface area contributed by atoms with Gasteiger partial charge < -0.3 is 15.4 Å². The van der Waals surface area contributed by atoms with Crippen LogP contribution in [0.25, 0.3) is 11.0 Å². The Morgan fingerprint density at radius 2 is 2.17 bits per heavy atom. The van der Waals surface area contributed by atoms with Crippen LogP contribution in [0.4, 0.5) is 5.69 Å². The van der Waals surface area contributed by atoms with Gasteiger partial charge in [0.25, 0.3) is 0 Å². The van der Waals surface area contributed by atoms with E-state index in [2.05, 4.69) is 23.4 Å². The average Bonchev–Trinajstić information content (AvgIpc) is 2.68. The smallest absolute Gasteiger partial charge is 0.0958 e. The van der Waals surface area contributed by atoms with Gasteiger partial charge in [0.2, 0.25) is 0 Å². The molecule has 0 atom stereocenters. The number of nitrogen functional groups attached to an aromatic ring is 1. The van der Waals surface area contributed by atoms with Gasteiger partial charge in [0, 0.05) is 18.8 Å². The van der Waals surface area contributed by atoms with Crippen molar-refractivity contribution in [3.05, 3.63) is 24.5 Å². The second-order valence-corrected chi connectivity index (χ2v) is 5.61. The summed E-state index contributed by atoms with van der Waals surface area (Å²) in [5.74, 6) is 0. The molecule has 0 saturated carbocycles. The third-order valence-electron chi connectivity index (χ3n) is 3.26. The zero-order valence-corrected chi connectivity index (χ0v) is 11.1. The molecule has 2 aromatic rings. The quantitative estimate of drug-likeness (QED) is 0.797. The van der Waals surface area contributed by atoms with Crippen molar-refractivity contribution in [3.63, 3.8) is 0 Å². The molecule has 98 valence electrons. The van der Waals surface area contributed by atoms with Gasteiger partial charge in [0.1, 0.15) is 0 Å². The highest BCUT2D eigenvalue weighted by atomic mass is 16.2. The Bertz CT molecular complexity index is 531. The molecule has 0 fully saturated rings. The predicted molar refractivity (Wildman–Crippen MR) is 74.2 cm³/mol. The highest BCUT2D eigenvalue weighted by Gasteiger charge is 2.19. The number of rotatable bonds is 5. The number of benzene rings is 1. The Balaban J connectivity index is 2.21. The van der Waals surface area contributed by atoms with Crippen LogP contribution in [0.2, 0.25) is 0 Å². The molecule has 1 aromatic heterocycles. The fraction of sp³-hybridized carbons (Fsp3) is 0.500. The first kappa shape index (κ1) is 12.9. The van der Waals surface area contributed by atoms with Crippen molar-refractivity contribution in [1.29, 1.82) is 0 Å². The van der Waals surface area contributed by atoms with Crippen LogP contribution in [0.1, 0.15) is 26.7 Å². The maximum absolute atomic E-state index is 8.92. The van der Waals surface area contributed by atoms with E-state index >= 15 is 0 Å². The first-order valence-electron chi connectivity index (χ1n) is 6.33. The molecule has 18 heavy (non-hydrogen) atoms. The summed E-state index contributed by atoms with van der Waals surface area (Å²) in [6.07, 6.45) is 3.70. The van der Waals surface area contributed by atoms with Crippen molar-refractivity contribution >= 4 is 16.7 Å². The molecule has 3 N–H and O–H groups in total. The first-order chi connectivity index (χ1) is 8.52. The van der Waals surface area contributed by atoms with E-state index in [0.717, 1.165) is 36.1 Å². The van der Waals surface area contributed by atoms with Gasteiger partial charge >= 0.3 is 0 Å². The second kappa shape index (κ2) is 4.98. The van der Waals surface area contributed by atoms with Crippen LogP contribution in [0.15, 0.2) is 24.5 Å². The fourth-order valence-electron chi connectivity index (χ4n) is 2.30. The van der Waals surface area contributed by atoms with E-state index in [9.17, 15) is 0 Å². The van der Waals surface area contributed by atoms with E-state index in [1.54, 1.807) is 0 Å². The third kappa shape index (κ3) is 2.82. The van der Waals surface area contributed by atoms with Crippen molar-refractivity contribution in [2.45, 2.75) is 33.2 Å². The number of imidazole rings is 1. The largest absolute Gasteiger partial charge is 0.399 e. The highest BCUT2D eigenvalue weighted by molar-refractivity contribution is 5.78. The lowest BCUT2D eigenvalue weighted by Crippen LogP contribution is -2.19. The SMILES string of the molecule is CC(C)(CCCO)Cn1cnc2cc(N)ccc21. The van der Waals surface area contributed by atoms with Gasteiger partial charge in [-0.1, -0.05) is 13.8 Å². The maximum Gasteiger partial charge on any atom is 0.0958 e. The van der Waals surface area contributed by atoms with Gasteiger partial charge in [0.05, 0.1) is 17.4 Å². The van der Waals surface area contributed by atoms with E-state index in [0.29, 0.717) is 0 Å². The maximum atomic E-state index is 8.92. The van der Waals surface area contributed by atoms with Crippen LogP contribution >= 0.6 is 0 Å². The Hall–Kier alpha value is -1.55. The monoisotopic (exact) mass is 247 g/mol. The normalized spacial score (nSPS) is 12.2. The van der Waals surface area contributed by atoms with E-state index in [4.69, 9.17) is 10.8 Å². The Morgan fingerprint density at radius 1 is 1.39 bits per heavy atom. The van der Waals surface area contributed by atoms with Crippen LogP contribution < -0.4 is 5.73 Å². The highest BCUT2D eigenvalue weighted by Crippen LogP contribution is 2.27. The number of fused-ring (bicyclic) bond motifs is 1. The molecule has 4 nitrogen and oxygen atoms in total. The number of nitrogens with zero attached hydrogens (tertiary/aromatic N) is 2. The van der Waals surface area contributed by atoms with Crippen molar-refractivity contribution in [1.82, 2.24) is 9.55 Å². The Morgan fingerprint density at radius 3 is 2.89 bits per heavy atom. The van der Waals surface area contributed by atoms with Gasteiger partial charge in [0.15, 0.2) is 0 Å². The molecule has 2 rings (SSSR count). The predicted octanol–water partition coefficient (Wildman–Crippen LogP) is 2.42. The zero-order chi connectivity index (χ0) is 13.2. The second-order valence-electron chi connectivity index (χ2n) is 5.61. The fourth-order valence-corrected chi connectivity index (χ4v) is 2.30. The molecular formula is C14H21N3O. The molecule has 0 aliphatic heterocycles. The molecule has 0 unspecified atom stereocenters. The zero-order valence-electron chi connectivity index (χ0n) is 11.1. The van der Waals surface area contributed by atoms with Gasteiger partial charge in [-0.3, -0.25) is 0 Å². The summed E-state index contributed by atoms with van der Waals surface area (Å²) >= 11 is 0. The van der Waals surface area contributed by atoms with E-state index in [1.807, 2.05) is 24.5 Å². The number of hydrogen-bond donors (Lipinski definition) is 2. The number of aromatic nitrogens is 2. The standard InChI is InChI=1S/C14H21N3O/c1-14(2,6-3-7-18)9-17-10-16-12-8-11(15)4-5-13(12)17/h4-5,8,10,18H,3,6-7,9,15H2,1-2H3. The molecule has 0 spiro atoms. The van der Waals surface area contributed by atoms with Crippen LogP contribution in [-0.4, -0.2) is 21.3 Å². The first-order valence-corrected chi connectivity index (χ1v) is 6.33. The molecule has 0 amide bonds. The lowest BCUT2D eigenvalue weighted by molar-refractivity contribution is 0.224. The number of nitrogens with two attached hydrogens (primary N) is 1.